The number of ether oxygens (including phenoxy) is 1. The second kappa shape index (κ2) is 7.67. The molecule has 6 nitrogen and oxygen atoms in total. The van der Waals surface area contributed by atoms with Crippen molar-refractivity contribution < 1.29 is 9.26 Å². The van der Waals surface area contributed by atoms with Crippen molar-refractivity contribution in [1.29, 1.82) is 0 Å². The van der Waals surface area contributed by atoms with Gasteiger partial charge in [0.25, 0.3) is 0 Å². The third kappa shape index (κ3) is 3.58. The van der Waals surface area contributed by atoms with Gasteiger partial charge >= 0.3 is 0 Å². The first-order valence-electron chi connectivity index (χ1n) is 11.2. The smallest absolute Gasteiger partial charge is 0.167 e. The molecule has 2 aliphatic heterocycles. The number of rotatable bonds is 5. The Morgan fingerprint density at radius 1 is 1.13 bits per heavy atom. The van der Waals surface area contributed by atoms with E-state index in [1.165, 1.54) is 13.1 Å². The number of hydrogen-bond donors (Lipinski definition) is 0. The van der Waals surface area contributed by atoms with E-state index >= 15 is 0 Å². The first-order chi connectivity index (χ1) is 15.3. The molecule has 2 saturated heterocycles. The van der Waals surface area contributed by atoms with Crippen molar-refractivity contribution in [3.05, 3.63) is 59.8 Å². The summed E-state index contributed by atoms with van der Waals surface area (Å²) in [5.74, 6) is 10.8. The van der Waals surface area contributed by atoms with E-state index in [1.807, 2.05) is 18.5 Å². The van der Waals surface area contributed by atoms with Crippen molar-refractivity contribution in [2.75, 3.05) is 26.3 Å². The zero-order chi connectivity index (χ0) is 20.8. The summed E-state index contributed by atoms with van der Waals surface area (Å²) < 4.78 is 13.0. The number of piperidine rings is 1. The van der Waals surface area contributed by atoms with Crippen LogP contribution in [0.2, 0.25) is 0 Å². The molecule has 0 bridgehead atoms. The molecule has 0 amide bonds. The molecule has 2 aromatic heterocycles. The molecule has 3 aliphatic rings. The molecule has 1 aliphatic carbocycles. The largest absolute Gasteiger partial charge is 0.378 e. The maximum Gasteiger partial charge on any atom is 0.167 e. The van der Waals surface area contributed by atoms with E-state index in [1.54, 1.807) is 0 Å². The van der Waals surface area contributed by atoms with E-state index in [2.05, 4.69) is 62.6 Å². The molecule has 6 rings (SSSR count). The Labute approximate surface area is 182 Å². The van der Waals surface area contributed by atoms with Crippen LogP contribution in [-0.4, -0.2) is 52.0 Å². The van der Waals surface area contributed by atoms with Crippen molar-refractivity contribution in [3.63, 3.8) is 0 Å². The molecule has 1 unspecified atom stereocenters. The molecule has 3 aromatic rings. The highest BCUT2D eigenvalue weighted by atomic mass is 16.5. The minimum absolute atomic E-state index is 0.574. The minimum atomic E-state index is 0.574. The van der Waals surface area contributed by atoms with Crippen molar-refractivity contribution in [1.82, 2.24) is 19.6 Å². The van der Waals surface area contributed by atoms with Crippen LogP contribution in [0.25, 0.3) is 11.3 Å². The molecule has 6 heteroatoms. The number of benzene rings is 1. The summed E-state index contributed by atoms with van der Waals surface area (Å²) in [7, 11) is 0. The summed E-state index contributed by atoms with van der Waals surface area (Å²) in [6.07, 6.45) is 4.71. The topological polar surface area (TPSA) is 56.3 Å². The van der Waals surface area contributed by atoms with E-state index in [9.17, 15) is 0 Å². The number of aryl methyl sites for hydroxylation is 1. The number of fused-ring (bicyclic) bond motifs is 1. The second-order valence-corrected chi connectivity index (χ2v) is 8.85. The maximum absolute atomic E-state index is 5.58. The van der Waals surface area contributed by atoms with Crippen molar-refractivity contribution >= 4 is 0 Å². The third-order valence-corrected chi connectivity index (χ3v) is 6.92. The van der Waals surface area contributed by atoms with Gasteiger partial charge in [0.2, 0.25) is 0 Å². The molecule has 0 spiro atoms. The zero-order valence-corrected chi connectivity index (χ0v) is 17.7. The summed E-state index contributed by atoms with van der Waals surface area (Å²) in [5.41, 5.74) is 2.98. The summed E-state index contributed by atoms with van der Waals surface area (Å²) in [6.45, 7) is 7.00. The molecule has 1 saturated carbocycles. The van der Waals surface area contributed by atoms with Gasteiger partial charge in [0, 0.05) is 55.0 Å². The van der Waals surface area contributed by atoms with Gasteiger partial charge in [-0.25, -0.2) is 4.98 Å². The monoisotopic (exact) mass is 414 g/mol. The Bertz CT molecular complexity index is 1120. The minimum Gasteiger partial charge on any atom is -0.378 e. The Morgan fingerprint density at radius 3 is 2.65 bits per heavy atom. The molecule has 3 atom stereocenters. The third-order valence-electron chi connectivity index (χ3n) is 6.92. The van der Waals surface area contributed by atoms with Crippen LogP contribution in [0, 0.1) is 29.6 Å². The highest BCUT2D eigenvalue weighted by molar-refractivity contribution is 5.59. The number of hydrogen-bond acceptors (Lipinski definition) is 5. The van der Waals surface area contributed by atoms with Crippen LogP contribution in [0.5, 0.6) is 0 Å². The first kappa shape index (κ1) is 18.9. The molecule has 158 valence electrons. The predicted molar refractivity (Wildman–Crippen MR) is 116 cm³/mol. The fraction of sp³-hybridized carbons (Fsp3) is 0.440. The van der Waals surface area contributed by atoms with E-state index < -0.39 is 0 Å². The predicted octanol–water partition coefficient (Wildman–Crippen LogP) is 3.08. The summed E-state index contributed by atoms with van der Waals surface area (Å²) >= 11 is 0. The Balaban J connectivity index is 1.07. The van der Waals surface area contributed by atoms with E-state index in [0.29, 0.717) is 18.5 Å². The van der Waals surface area contributed by atoms with Crippen LogP contribution in [0.4, 0.5) is 0 Å². The fourth-order valence-electron chi connectivity index (χ4n) is 4.89. The molecular formula is C25H26N4O2. The van der Waals surface area contributed by atoms with Crippen molar-refractivity contribution in [2.24, 2.45) is 17.8 Å². The van der Waals surface area contributed by atoms with Crippen LogP contribution in [-0.2, 0) is 17.7 Å². The molecule has 3 fully saturated rings. The Hall–Kier alpha value is -2.88. The number of aromatic nitrogens is 3. The highest BCUT2D eigenvalue weighted by Gasteiger charge is 2.56. The van der Waals surface area contributed by atoms with Crippen LogP contribution < -0.4 is 0 Å². The summed E-state index contributed by atoms with van der Waals surface area (Å²) in [6, 6.07) is 10.9. The molecule has 1 aromatic carbocycles. The lowest BCUT2D eigenvalue weighted by Gasteiger charge is -2.35. The van der Waals surface area contributed by atoms with Gasteiger partial charge in [0.15, 0.2) is 5.76 Å². The lowest BCUT2D eigenvalue weighted by atomic mass is 10.1. The van der Waals surface area contributed by atoms with Gasteiger partial charge in [0.1, 0.15) is 11.5 Å². The molecule has 31 heavy (non-hydrogen) atoms. The lowest BCUT2D eigenvalue weighted by molar-refractivity contribution is -0.0612. The molecule has 0 radical (unpaired) electrons. The first-order valence-corrected chi connectivity index (χ1v) is 11.2. The summed E-state index contributed by atoms with van der Waals surface area (Å²) in [4.78, 5) is 6.95. The van der Waals surface area contributed by atoms with Gasteiger partial charge in [-0.3, -0.25) is 4.90 Å². The lowest BCUT2D eigenvalue weighted by Crippen LogP contribution is -2.48. The van der Waals surface area contributed by atoms with Gasteiger partial charge in [-0.2, -0.15) is 0 Å². The van der Waals surface area contributed by atoms with Crippen LogP contribution in [0.3, 0.4) is 0 Å². The number of imidazole rings is 1. The second-order valence-electron chi connectivity index (χ2n) is 8.85. The molecule has 4 heterocycles. The molecule has 0 N–H and O–H groups in total. The van der Waals surface area contributed by atoms with E-state index in [0.717, 1.165) is 59.9 Å². The van der Waals surface area contributed by atoms with Gasteiger partial charge in [-0.1, -0.05) is 23.9 Å². The SMILES string of the molecule is CCc1nccn1Cc1cc(-c2ccc(C#CC3[C@H]4CN(C5COC5)C[C@@H]34)cc2)on1. The van der Waals surface area contributed by atoms with Crippen LogP contribution in [0.15, 0.2) is 47.2 Å². The van der Waals surface area contributed by atoms with Gasteiger partial charge in [-0.15, -0.1) is 0 Å². The Morgan fingerprint density at radius 2 is 1.94 bits per heavy atom. The number of likely N-dealkylation sites (tertiary alicyclic amines) is 1. The fourth-order valence-corrected chi connectivity index (χ4v) is 4.89. The average Bonchev–Trinajstić information content (AvgIpc) is 3.22. The average molecular weight is 415 g/mol. The normalized spacial score (nSPS) is 25.0. The van der Waals surface area contributed by atoms with Gasteiger partial charge < -0.3 is 13.8 Å². The van der Waals surface area contributed by atoms with Gasteiger partial charge in [0.05, 0.1) is 25.8 Å². The van der Waals surface area contributed by atoms with Crippen LogP contribution in [0.1, 0.15) is 24.0 Å². The Kier molecular flexibility index (Phi) is 4.66. The maximum atomic E-state index is 5.58. The van der Waals surface area contributed by atoms with Crippen LogP contribution >= 0.6 is 0 Å². The molecular weight excluding hydrogens is 388 g/mol. The van der Waals surface area contributed by atoms with E-state index in [4.69, 9.17) is 9.26 Å². The van der Waals surface area contributed by atoms with Crippen molar-refractivity contribution in [2.45, 2.75) is 25.9 Å². The quantitative estimate of drug-likeness (QED) is 0.601. The standard InChI is InChI=1S/C25H26N4O2/c1-2-25-26-9-10-28(25)12-19-11-24(31-27-19)18-6-3-17(4-7-18)5-8-21-22-13-29(14-23(21)22)20-15-30-16-20/h3-4,6-7,9-11,20-23H,2,12-16H2,1H3/t21?,22-,23+. The summed E-state index contributed by atoms with van der Waals surface area (Å²) in [5, 5.41) is 4.23. The highest BCUT2D eigenvalue weighted by Crippen LogP contribution is 2.52. The zero-order valence-electron chi connectivity index (χ0n) is 17.7. The van der Waals surface area contributed by atoms with Crippen molar-refractivity contribution in [3.8, 4) is 23.2 Å². The van der Waals surface area contributed by atoms with E-state index in [-0.39, 0.29) is 0 Å². The number of nitrogens with zero attached hydrogens (tertiary/aromatic N) is 4. The van der Waals surface area contributed by atoms with Gasteiger partial charge in [-0.05, 0) is 36.1 Å².